The van der Waals surface area contributed by atoms with Crippen LogP contribution in [0.2, 0.25) is 0 Å². The van der Waals surface area contributed by atoms with Crippen LogP contribution in [0.15, 0.2) is 73.1 Å². The Morgan fingerprint density at radius 2 is 0.696 bits per heavy atom. The lowest BCUT2D eigenvalue weighted by Gasteiger charge is -2.08. The first-order valence-corrected chi connectivity index (χ1v) is 18.2. The van der Waals surface area contributed by atoms with E-state index in [9.17, 15) is 0 Å². The van der Waals surface area contributed by atoms with E-state index in [1.54, 1.807) is 0 Å². The van der Waals surface area contributed by atoms with Crippen LogP contribution in [-0.2, 0) is 13.1 Å². The zero-order valence-corrected chi connectivity index (χ0v) is 32.1. The first kappa shape index (κ1) is 42.1. The number of aromatic nitrogens is 2. The molecule has 2 heterocycles. The predicted octanol–water partition coefficient (Wildman–Crippen LogP) is 5.70. The first-order valence-electron chi connectivity index (χ1n) is 18.2. The third-order valence-electron chi connectivity index (χ3n) is 8.57. The van der Waals surface area contributed by atoms with Gasteiger partial charge in [0.2, 0.25) is 0 Å². The van der Waals surface area contributed by atoms with Crippen molar-refractivity contribution in [2.45, 2.75) is 155 Å². The van der Waals surface area contributed by atoms with Crippen LogP contribution in [0.5, 0.6) is 23.3 Å². The zero-order valence-electron chi connectivity index (χ0n) is 29.0. The summed E-state index contributed by atoms with van der Waals surface area (Å²) in [5.41, 5.74) is 0. The van der Waals surface area contributed by atoms with E-state index >= 15 is 0 Å². The largest absolute Gasteiger partial charge is 1.00 e. The van der Waals surface area contributed by atoms with E-state index in [0.717, 1.165) is 36.3 Å². The van der Waals surface area contributed by atoms with E-state index in [-0.39, 0.29) is 34.0 Å². The number of ether oxygens (including phenoxy) is 2. The van der Waals surface area contributed by atoms with Crippen molar-refractivity contribution in [2.75, 3.05) is 0 Å². The van der Waals surface area contributed by atoms with Crippen molar-refractivity contribution in [3.63, 3.8) is 0 Å². The molecule has 46 heavy (non-hydrogen) atoms. The molecular weight excluding hydrogens is 700 g/mol. The number of pyridine rings is 2. The van der Waals surface area contributed by atoms with Gasteiger partial charge < -0.3 is 43.4 Å². The van der Waals surface area contributed by atoms with Crippen LogP contribution in [0.4, 0.5) is 0 Å². The zero-order chi connectivity index (χ0) is 30.9. The number of rotatable bonds is 26. The summed E-state index contributed by atoms with van der Waals surface area (Å²) in [4.78, 5) is 0. The summed E-state index contributed by atoms with van der Waals surface area (Å²) in [7, 11) is 0. The second-order valence-electron chi connectivity index (χ2n) is 12.5. The predicted molar refractivity (Wildman–Crippen MR) is 184 cm³/mol. The van der Waals surface area contributed by atoms with Gasteiger partial charge in [-0.25, -0.2) is 0 Å². The third-order valence-corrected chi connectivity index (χ3v) is 8.57. The van der Waals surface area contributed by atoms with E-state index < -0.39 is 0 Å². The normalized spacial score (nSPS) is 10.7. The van der Waals surface area contributed by atoms with Crippen molar-refractivity contribution in [2.24, 2.45) is 0 Å². The van der Waals surface area contributed by atoms with Gasteiger partial charge in [0, 0.05) is 25.0 Å². The highest BCUT2D eigenvalue weighted by Gasteiger charge is 2.14. The number of nitrogens with zero attached hydrogens (tertiary/aromatic N) is 2. The molecule has 0 saturated carbocycles. The van der Waals surface area contributed by atoms with Gasteiger partial charge in [-0.15, -0.1) is 0 Å². The number of benzene rings is 1. The van der Waals surface area contributed by atoms with Crippen molar-refractivity contribution in [1.82, 2.24) is 0 Å². The molecule has 0 saturated heterocycles. The van der Waals surface area contributed by atoms with Gasteiger partial charge in [0.05, 0.1) is 12.1 Å². The molecule has 4 nitrogen and oxygen atoms in total. The number of unbranched alkanes of at least 4 members (excludes halogenated alkanes) is 18. The molecule has 3 rings (SSSR count). The molecule has 0 N–H and O–H groups in total. The Kier molecular flexibility index (Phi) is 25.7. The summed E-state index contributed by atoms with van der Waals surface area (Å²) >= 11 is 0. The fraction of sp³-hybridized carbons (Fsp3) is 0.600. The molecule has 0 aliphatic rings. The summed E-state index contributed by atoms with van der Waals surface area (Å²) in [5, 5.41) is 0. The average molecular weight is 763 g/mol. The van der Waals surface area contributed by atoms with Crippen LogP contribution in [0, 0.1) is 0 Å². The first-order chi connectivity index (χ1) is 21.8. The van der Waals surface area contributed by atoms with Gasteiger partial charge >= 0.3 is 11.8 Å². The van der Waals surface area contributed by atoms with Crippen molar-refractivity contribution < 1.29 is 52.6 Å². The number of aryl methyl sites for hydroxylation is 2. The number of halogens is 2. The highest BCUT2D eigenvalue weighted by molar-refractivity contribution is 5.34. The SMILES string of the molecule is CCCCCCCCCCCC[n+]1ccccc1Oc1ccc(Oc2cccc[n+]2CCCCCCCCCCCC)cc1.[Br-].[Br-]. The van der Waals surface area contributed by atoms with E-state index in [2.05, 4.69) is 59.6 Å². The van der Waals surface area contributed by atoms with Crippen LogP contribution in [0.3, 0.4) is 0 Å². The Hall–Kier alpha value is -1.92. The maximum atomic E-state index is 6.30. The highest BCUT2D eigenvalue weighted by Crippen LogP contribution is 2.25. The Morgan fingerprint density at radius 3 is 1.02 bits per heavy atom. The quantitative estimate of drug-likeness (QED) is 0.0777. The van der Waals surface area contributed by atoms with E-state index in [4.69, 9.17) is 9.47 Å². The smallest absolute Gasteiger partial charge is 0.373 e. The molecule has 0 aliphatic heterocycles. The highest BCUT2D eigenvalue weighted by atomic mass is 79.9. The summed E-state index contributed by atoms with van der Waals surface area (Å²) in [6.07, 6.45) is 31.2. The van der Waals surface area contributed by atoms with Crippen molar-refractivity contribution in [1.29, 1.82) is 0 Å². The molecule has 1 aromatic carbocycles. The maximum absolute atomic E-state index is 6.30. The van der Waals surface area contributed by atoms with Gasteiger partial charge in [-0.2, -0.15) is 9.13 Å². The second-order valence-corrected chi connectivity index (χ2v) is 12.5. The maximum Gasteiger partial charge on any atom is 0.373 e. The second kappa shape index (κ2) is 28.1. The Morgan fingerprint density at radius 1 is 0.391 bits per heavy atom. The van der Waals surface area contributed by atoms with Gasteiger partial charge in [-0.3, -0.25) is 0 Å². The van der Waals surface area contributed by atoms with Crippen LogP contribution in [0.25, 0.3) is 0 Å². The summed E-state index contributed by atoms with van der Waals surface area (Å²) in [5.74, 6) is 3.42. The number of hydrogen-bond donors (Lipinski definition) is 0. The summed E-state index contributed by atoms with van der Waals surface area (Å²) < 4.78 is 17.1. The standard InChI is InChI=1S/C40H62N2O2.2BrH/c1-3-5-7-9-11-13-15-17-19-23-33-41-35-25-21-27-39(41)43-37-29-31-38(32-30-37)44-40-28-22-26-36-42(40)34-24-20-18-16-14-12-10-8-6-4-2;;/h21-22,25-32,35-36H,3-20,23-24,33-34H2,1-2H3;2*1H/q+2;;/p-2. The third kappa shape index (κ3) is 18.4. The lowest BCUT2D eigenvalue weighted by molar-refractivity contribution is -0.701. The van der Waals surface area contributed by atoms with Gasteiger partial charge in [0.15, 0.2) is 25.5 Å². The molecule has 0 fully saturated rings. The van der Waals surface area contributed by atoms with Crippen molar-refractivity contribution in [3.8, 4) is 23.3 Å². The van der Waals surface area contributed by atoms with Gasteiger partial charge in [-0.1, -0.05) is 117 Å². The molecule has 2 aromatic heterocycles. The van der Waals surface area contributed by atoms with Crippen molar-refractivity contribution >= 4 is 0 Å². The lowest BCUT2D eigenvalue weighted by atomic mass is 10.1. The van der Waals surface area contributed by atoms with Crippen molar-refractivity contribution in [3.05, 3.63) is 73.1 Å². The Bertz CT molecular complexity index is 1040. The topological polar surface area (TPSA) is 26.2 Å². The molecular formula is C40H62Br2N2O2. The minimum atomic E-state index is 0. The fourth-order valence-corrected chi connectivity index (χ4v) is 5.83. The van der Waals surface area contributed by atoms with E-state index in [1.165, 1.54) is 128 Å². The van der Waals surface area contributed by atoms with E-state index in [1.807, 2.05) is 36.4 Å². The summed E-state index contributed by atoms with van der Waals surface area (Å²) in [6.45, 7) is 6.54. The molecule has 6 heteroatoms. The monoisotopic (exact) mass is 760 g/mol. The average Bonchev–Trinajstić information content (AvgIpc) is 3.05. The molecule has 0 aliphatic carbocycles. The molecule has 0 amide bonds. The van der Waals surface area contributed by atoms with Gasteiger partial charge in [0.25, 0.3) is 0 Å². The van der Waals surface area contributed by atoms with Crippen LogP contribution >= 0.6 is 0 Å². The minimum absolute atomic E-state index is 0. The van der Waals surface area contributed by atoms with Crippen LogP contribution in [-0.4, -0.2) is 0 Å². The molecule has 0 spiro atoms. The molecule has 0 atom stereocenters. The molecule has 0 unspecified atom stereocenters. The van der Waals surface area contributed by atoms with Crippen LogP contribution in [0.1, 0.15) is 142 Å². The number of hydrogen-bond acceptors (Lipinski definition) is 2. The Labute approximate surface area is 302 Å². The fourth-order valence-electron chi connectivity index (χ4n) is 5.83. The molecule has 0 radical (unpaired) electrons. The molecule has 0 bridgehead atoms. The molecule has 3 aromatic rings. The van der Waals surface area contributed by atoms with Gasteiger partial charge in [-0.05, 0) is 49.2 Å². The van der Waals surface area contributed by atoms with Gasteiger partial charge in [0.1, 0.15) is 11.5 Å². The van der Waals surface area contributed by atoms with E-state index in [0.29, 0.717) is 0 Å². The minimum Gasteiger partial charge on any atom is -1.00 e. The lowest BCUT2D eigenvalue weighted by Crippen LogP contribution is -3.00. The molecule has 258 valence electrons. The summed E-state index contributed by atoms with van der Waals surface area (Å²) in [6, 6.07) is 20.4. The van der Waals surface area contributed by atoms with Crippen LogP contribution < -0.4 is 52.6 Å². The Balaban J connectivity index is 0.00000529.